The van der Waals surface area contributed by atoms with Crippen molar-refractivity contribution >= 4 is 17.5 Å². The van der Waals surface area contributed by atoms with Crippen LogP contribution in [-0.4, -0.2) is 41.7 Å². The fraction of sp³-hybridized carbons (Fsp3) is 0.273. The summed E-state index contributed by atoms with van der Waals surface area (Å²) in [5.41, 5.74) is 2.48. The molecule has 0 saturated heterocycles. The van der Waals surface area contributed by atoms with Gasteiger partial charge in [-0.3, -0.25) is 9.59 Å². The number of hydrogen-bond acceptors (Lipinski definition) is 6. The third-order valence-electron chi connectivity index (χ3n) is 5.03. The molecule has 1 unspecified atom stereocenters. The Morgan fingerprint density at radius 2 is 2.03 bits per heavy atom. The van der Waals surface area contributed by atoms with Gasteiger partial charge in [0.15, 0.2) is 6.61 Å². The Morgan fingerprint density at radius 1 is 1.23 bits per heavy atom. The number of carbonyl (C=O) groups excluding carboxylic acids is 2. The largest absolute Gasteiger partial charge is 0.482 e. The van der Waals surface area contributed by atoms with Crippen LogP contribution in [0.5, 0.6) is 5.75 Å². The molecule has 2 aromatic carbocycles. The van der Waals surface area contributed by atoms with Crippen LogP contribution >= 0.6 is 0 Å². The lowest BCUT2D eigenvalue weighted by atomic mass is 10.0. The van der Waals surface area contributed by atoms with Crippen molar-refractivity contribution in [2.24, 2.45) is 0 Å². The molecule has 0 fully saturated rings. The van der Waals surface area contributed by atoms with Crippen molar-refractivity contribution < 1.29 is 18.8 Å². The number of carbonyl (C=O) groups is 2. The number of ether oxygens (including phenoxy) is 1. The number of rotatable bonds is 6. The lowest BCUT2D eigenvalue weighted by Crippen LogP contribution is -2.38. The van der Waals surface area contributed by atoms with Crippen LogP contribution in [0.3, 0.4) is 0 Å². The summed E-state index contributed by atoms with van der Waals surface area (Å²) < 4.78 is 10.7. The maximum atomic E-state index is 12.4. The molecule has 1 atom stereocenters. The molecule has 0 radical (unpaired) electrons. The Hall–Kier alpha value is -3.68. The molecule has 0 bridgehead atoms. The van der Waals surface area contributed by atoms with Crippen LogP contribution in [0.1, 0.15) is 36.0 Å². The van der Waals surface area contributed by atoms with Crippen LogP contribution in [0.25, 0.3) is 11.4 Å². The third-order valence-corrected chi connectivity index (χ3v) is 5.03. The van der Waals surface area contributed by atoms with Crippen LogP contribution < -0.4 is 15.0 Å². The molecule has 1 aliphatic heterocycles. The quantitative estimate of drug-likeness (QED) is 0.676. The summed E-state index contributed by atoms with van der Waals surface area (Å²) in [6, 6.07) is 15.2. The summed E-state index contributed by atoms with van der Waals surface area (Å²) in [5.74, 6) is 0.396. The lowest BCUT2D eigenvalue weighted by molar-refractivity contribution is -0.121. The van der Waals surface area contributed by atoms with Crippen molar-refractivity contribution in [2.75, 3.05) is 24.6 Å². The number of anilines is 1. The minimum atomic E-state index is -0.423. The second kappa shape index (κ2) is 8.36. The standard InChI is InChI=1S/C22H22N4O4/c1-3-26-17-10-9-16(11-18(17)29-13-19(26)27)20-24-22(30-25-20)21(28)23-12-14(2)15-7-5-4-6-8-15/h4-11,14H,3,12-13H2,1-2H3,(H,23,28). The van der Waals surface area contributed by atoms with Gasteiger partial charge in [0.2, 0.25) is 5.82 Å². The highest BCUT2D eigenvalue weighted by molar-refractivity contribution is 5.98. The first kappa shape index (κ1) is 19.6. The second-order valence-electron chi connectivity index (χ2n) is 7.05. The van der Waals surface area contributed by atoms with Crippen molar-refractivity contribution in [1.29, 1.82) is 0 Å². The first-order valence-electron chi connectivity index (χ1n) is 9.81. The molecule has 8 nitrogen and oxygen atoms in total. The van der Waals surface area contributed by atoms with Gasteiger partial charge < -0.3 is 19.5 Å². The molecule has 30 heavy (non-hydrogen) atoms. The van der Waals surface area contributed by atoms with Gasteiger partial charge in [-0.2, -0.15) is 4.98 Å². The predicted molar refractivity (Wildman–Crippen MR) is 110 cm³/mol. The Bertz CT molecular complexity index is 1060. The van der Waals surface area contributed by atoms with E-state index in [9.17, 15) is 9.59 Å². The number of amides is 2. The van der Waals surface area contributed by atoms with Crippen molar-refractivity contribution in [3.63, 3.8) is 0 Å². The van der Waals surface area contributed by atoms with E-state index in [-0.39, 0.29) is 30.1 Å². The molecule has 0 aliphatic carbocycles. The van der Waals surface area contributed by atoms with Crippen LogP contribution in [0.15, 0.2) is 53.1 Å². The maximum absolute atomic E-state index is 12.4. The van der Waals surface area contributed by atoms with Crippen molar-refractivity contribution in [3.05, 3.63) is 60.0 Å². The number of benzene rings is 2. The maximum Gasteiger partial charge on any atom is 0.316 e. The molecule has 0 saturated carbocycles. The van der Waals surface area contributed by atoms with Crippen molar-refractivity contribution in [2.45, 2.75) is 19.8 Å². The summed E-state index contributed by atoms with van der Waals surface area (Å²) in [4.78, 5) is 30.2. The fourth-order valence-corrected chi connectivity index (χ4v) is 3.34. The van der Waals surface area contributed by atoms with Gasteiger partial charge in [-0.1, -0.05) is 42.4 Å². The van der Waals surface area contributed by atoms with Gasteiger partial charge in [-0.25, -0.2) is 0 Å². The number of aromatic nitrogens is 2. The van der Waals surface area contributed by atoms with E-state index in [0.717, 1.165) is 5.56 Å². The SMILES string of the molecule is CCN1C(=O)COc2cc(-c3noc(C(=O)NCC(C)c4ccccc4)n3)ccc21. The van der Waals surface area contributed by atoms with Gasteiger partial charge in [0.05, 0.1) is 5.69 Å². The molecule has 2 heterocycles. The van der Waals surface area contributed by atoms with Gasteiger partial charge in [0, 0.05) is 18.7 Å². The number of fused-ring (bicyclic) bond motifs is 1. The average molecular weight is 406 g/mol. The Labute approximate surface area is 173 Å². The summed E-state index contributed by atoms with van der Waals surface area (Å²) in [5, 5.41) is 6.74. The summed E-state index contributed by atoms with van der Waals surface area (Å²) in [6.45, 7) is 4.94. The summed E-state index contributed by atoms with van der Waals surface area (Å²) in [6.07, 6.45) is 0. The topological polar surface area (TPSA) is 97.6 Å². The number of hydrogen-bond donors (Lipinski definition) is 1. The minimum Gasteiger partial charge on any atom is -0.482 e. The van der Waals surface area contributed by atoms with Crippen LogP contribution in [-0.2, 0) is 4.79 Å². The normalized spacial score (nSPS) is 14.1. The van der Waals surface area contributed by atoms with E-state index in [1.807, 2.05) is 44.2 Å². The van der Waals surface area contributed by atoms with E-state index < -0.39 is 5.91 Å². The summed E-state index contributed by atoms with van der Waals surface area (Å²) in [7, 11) is 0. The van der Waals surface area contributed by atoms with Crippen molar-refractivity contribution in [1.82, 2.24) is 15.5 Å². The smallest absolute Gasteiger partial charge is 0.316 e. The monoisotopic (exact) mass is 406 g/mol. The van der Waals surface area contributed by atoms with E-state index in [1.165, 1.54) is 0 Å². The van der Waals surface area contributed by atoms with E-state index >= 15 is 0 Å². The predicted octanol–water partition coefficient (Wildman–Crippen LogP) is 3.02. The zero-order valence-corrected chi connectivity index (χ0v) is 16.8. The van der Waals surface area contributed by atoms with Crippen LogP contribution in [0, 0.1) is 0 Å². The molecule has 2 amide bonds. The van der Waals surface area contributed by atoms with Gasteiger partial charge in [-0.15, -0.1) is 0 Å². The van der Waals surface area contributed by atoms with Crippen LogP contribution in [0.2, 0.25) is 0 Å². The molecule has 1 N–H and O–H groups in total. The highest BCUT2D eigenvalue weighted by atomic mass is 16.5. The van der Waals surface area contributed by atoms with Gasteiger partial charge in [0.25, 0.3) is 5.91 Å². The molecule has 4 rings (SSSR count). The molecule has 1 aromatic heterocycles. The Kier molecular flexibility index (Phi) is 5.47. The zero-order chi connectivity index (χ0) is 21.1. The first-order valence-corrected chi connectivity index (χ1v) is 9.81. The fourth-order valence-electron chi connectivity index (χ4n) is 3.34. The minimum absolute atomic E-state index is 0.0101. The second-order valence-corrected chi connectivity index (χ2v) is 7.05. The Balaban J connectivity index is 1.45. The molecule has 1 aliphatic rings. The highest BCUT2D eigenvalue weighted by Crippen LogP contribution is 2.35. The van der Waals surface area contributed by atoms with Gasteiger partial charge >= 0.3 is 11.8 Å². The molecule has 154 valence electrons. The molecular weight excluding hydrogens is 384 g/mol. The van der Waals surface area contributed by atoms with Crippen LogP contribution in [0.4, 0.5) is 5.69 Å². The lowest BCUT2D eigenvalue weighted by Gasteiger charge is -2.28. The zero-order valence-electron chi connectivity index (χ0n) is 16.8. The third kappa shape index (κ3) is 3.89. The van der Waals surface area contributed by atoms with E-state index in [1.54, 1.807) is 23.1 Å². The number of nitrogens with one attached hydrogen (secondary N) is 1. The molecular formula is C22H22N4O4. The molecule has 0 spiro atoms. The Morgan fingerprint density at radius 3 is 2.80 bits per heavy atom. The van der Waals surface area contributed by atoms with E-state index in [0.29, 0.717) is 30.1 Å². The van der Waals surface area contributed by atoms with Gasteiger partial charge in [0.1, 0.15) is 5.75 Å². The van der Waals surface area contributed by atoms with Crippen molar-refractivity contribution in [3.8, 4) is 17.1 Å². The molecule has 8 heteroatoms. The number of likely N-dealkylation sites (N-methyl/N-ethyl adjacent to an activating group) is 1. The average Bonchev–Trinajstić information content (AvgIpc) is 3.28. The first-order chi connectivity index (χ1) is 14.6. The van der Waals surface area contributed by atoms with Gasteiger partial charge in [-0.05, 0) is 36.6 Å². The summed E-state index contributed by atoms with van der Waals surface area (Å²) >= 11 is 0. The number of nitrogens with zero attached hydrogens (tertiary/aromatic N) is 3. The molecule has 3 aromatic rings. The van der Waals surface area contributed by atoms with E-state index in [4.69, 9.17) is 9.26 Å². The highest BCUT2D eigenvalue weighted by Gasteiger charge is 2.25. The van der Waals surface area contributed by atoms with E-state index in [2.05, 4.69) is 15.5 Å².